The van der Waals surface area contributed by atoms with Crippen LogP contribution in [0.1, 0.15) is 18.4 Å². The maximum atomic E-state index is 5.14. The number of benzene rings is 1. The van der Waals surface area contributed by atoms with Crippen LogP contribution in [0, 0.1) is 0 Å². The molecule has 0 spiro atoms. The summed E-state index contributed by atoms with van der Waals surface area (Å²) in [4.78, 5) is 2.53. The van der Waals surface area contributed by atoms with Gasteiger partial charge in [-0.1, -0.05) is 12.1 Å². The molecule has 2 rings (SSSR count). The molecule has 0 aliphatic carbocycles. The predicted molar refractivity (Wildman–Crippen MR) is 70.4 cm³/mol. The summed E-state index contributed by atoms with van der Waals surface area (Å²) in [7, 11) is 1.70. The predicted octanol–water partition coefficient (Wildman–Crippen LogP) is 1.88. The summed E-state index contributed by atoms with van der Waals surface area (Å²) in [5.41, 5.74) is 1.31. The molecule has 1 heterocycles. The number of nitrogens with one attached hydrogen (secondary N) is 1. The van der Waals surface area contributed by atoms with Crippen LogP contribution >= 0.6 is 0 Å². The number of likely N-dealkylation sites (tertiary alicyclic amines) is 1. The zero-order chi connectivity index (χ0) is 11.9. The molecule has 0 atom stereocenters. The van der Waals surface area contributed by atoms with Crippen molar-refractivity contribution in [3.63, 3.8) is 0 Å². The van der Waals surface area contributed by atoms with Gasteiger partial charge in [-0.05, 0) is 43.6 Å². The van der Waals surface area contributed by atoms with Crippen LogP contribution in [0.4, 0.5) is 0 Å². The van der Waals surface area contributed by atoms with E-state index in [2.05, 4.69) is 22.3 Å². The molecule has 0 amide bonds. The van der Waals surface area contributed by atoms with Crippen LogP contribution in [0.15, 0.2) is 24.3 Å². The van der Waals surface area contributed by atoms with E-state index < -0.39 is 0 Å². The van der Waals surface area contributed by atoms with Crippen LogP contribution in [-0.2, 0) is 6.54 Å². The highest BCUT2D eigenvalue weighted by Crippen LogP contribution is 2.11. The van der Waals surface area contributed by atoms with Gasteiger partial charge in [0, 0.05) is 19.6 Å². The molecule has 1 aliphatic heterocycles. The van der Waals surface area contributed by atoms with E-state index in [1.807, 2.05) is 12.1 Å². The Morgan fingerprint density at radius 2 is 1.88 bits per heavy atom. The molecule has 3 heteroatoms. The first-order valence-electron chi connectivity index (χ1n) is 6.44. The molecular weight excluding hydrogens is 212 g/mol. The fourth-order valence-electron chi connectivity index (χ4n) is 2.22. The molecule has 0 aromatic heterocycles. The first kappa shape index (κ1) is 12.4. The van der Waals surface area contributed by atoms with E-state index in [1.54, 1.807) is 7.11 Å². The highest BCUT2D eigenvalue weighted by atomic mass is 16.5. The van der Waals surface area contributed by atoms with Crippen molar-refractivity contribution in [2.75, 3.05) is 33.3 Å². The molecule has 94 valence electrons. The summed E-state index contributed by atoms with van der Waals surface area (Å²) in [5, 5.41) is 3.48. The second kappa shape index (κ2) is 6.62. The van der Waals surface area contributed by atoms with Crippen molar-refractivity contribution in [2.24, 2.45) is 0 Å². The number of rotatable bonds is 6. The lowest BCUT2D eigenvalue weighted by Crippen LogP contribution is -2.29. The Morgan fingerprint density at radius 3 is 2.53 bits per heavy atom. The molecular formula is C14H22N2O. The van der Waals surface area contributed by atoms with Crippen molar-refractivity contribution in [3.05, 3.63) is 29.8 Å². The summed E-state index contributed by atoms with van der Waals surface area (Å²) in [5.74, 6) is 0.922. The van der Waals surface area contributed by atoms with Gasteiger partial charge in [-0.3, -0.25) is 0 Å². The van der Waals surface area contributed by atoms with Crippen molar-refractivity contribution in [3.8, 4) is 5.75 Å². The van der Waals surface area contributed by atoms with Gasteiger partial charge < -0.3 is 15.0 Å². The monoisotopic (exact) mass is 234 g/mol. The van der Waals surface area contributed by atoms with Crippen LogP contribution in [-0.4, -0.2) is 38.2 Å². The van der Waals surface area contributed by atoms with E-state index in [9.17, 15) is 0 Å². The third kappa shape index (κ3) is 4.02. The van der Waals surface area contributed by atoms with Crippen LogP contribution in [0.3, 0.4) is 0 Å². The van der Waals surface area contributed by atoms with Gasteiger partial charge in [-0.2, -0.15) is 0 Å². The molecule has 17 heavy (non-hydrogen) atoms. The average Bonchev–Trinajstić information content (AvgIpc) is 2.88. The normalized spacial score (nSPS) is 16.3. The van der Waals surface area contributed by atoms with Crippen LogP contribution in [0.2, 0.25) is 0 Å². The van der Waals surface area contributed by atoms with Crippen molar-refractivity contribution in [1.29, 1.82) is 0 Å². The topological polar surface area (TPSA) is 24.5 Å². The number of nitrogens with zero attached hydrogens (tertiary/aromatic N) is 1. The third-order valence-corrected chi connectivity index (χ3v) is 3.29. The van der Waals surface area contributed by atoms with Gasteiger partial charge in [-0.25, -0.2) is 0 Å². The second-order valence-electron chi connectivity index (χ2n) is 4.57. The number of hydrogen-bond donors (Lipinski definition) is 1. The van der Waals surface area contributed by atoms with E-state index in [-0.39, 0.29) is 0 Å². The van der Waals surface area contributed by atoms with Crippen LogP contribution in [0.5, 0.6) is 5.75 Å². The first-order chi connectivity index (χ1) is 8.38. The molecule has 0 bridgehead atoms. The van der Waals surface area contributed by atoms with Gasteiger partial charge in [-0.15, -0.1) is 0 Å². The Kier molecular flexibility index (Phi) is 4.83. The smallest absolute Gasteiger partial charge is 0.118 e. The molecule has 3 nitrogen and oxygen atoms in total. The third-order valence-electron chi connectivity index (χ3n) is 3.29. The minimum Gasteiger partial charge on any atom is -0.497 e. The summed E-state index contributed by atoms with van der Waals surface area (Å²) < 4.78 is 5.14. The van der Waals surface area contributed by atoms with Crippen LogP contribution < -0.4 is 10.1 Å². The first-order valence-corrected chi connectivity index (χ1v) is 6.44. The summed E-state index contributed by atoms with van der Waals surface area (Å²) in [6.45, 7) is 5.76. The maximum absolute atomic E-state index is 5.14. The van der Waals surface area contributed by atoms with Gasteiger partial charge in [0.1, 0.15) is 5.75 Å². The maximum Gasteiger partial charge on any atom is 0.118 e. The lowest BCUT2D eigenvalue weighted by Gasteiger charge is -2.14. The van der Waals surface area contributed by atoms with E-state index in [1.165, 1.54) is 38.0 Å². The average molecular weight is 234 g/mol. The summed E-state index contributed by atoms with van der Waals surface area (Å²) in [6.07, 6.45) is 2.75. The minimum absolute atomic E-state index is 0.922. The molecule has 1 aromatic rings. The van der Waals surface area contributed by atoms with Crippen molar-refractivity contribution in [1.82, 2.24) is 10.2 Å². The van der Waals surface area contributed by atoms with Crippen molar-refractivity contribution in [2.45, 2.75) is 19.4 Å². The second-order valence-corrected chi connectivity index (χ2v) is 4.57. The lowest BCUT2D eigenvalue weighted by molar-refractivity contribution is 0.335. The van der Waals surface area contributed by atoms with Crippen molar-refractivity contribution < 1.29 is 4.74 Å². The standard InChI is InChI=1S/C14H22N2O/c1-17-14-6-4-13(5-7-14)12-15-8-11-16-9-2-3-10-16/h4-7,15H,2-3,8-12H2,1H3. The quantitative estimate of drug-likeness (QED) is 0.761. The Hall–Kier alpha value is -1.06. The summed E-state index contributed by atoms with van der Waals surface area (Å²) in [6, 6.07) is 8.25. The van der Waals surface area contributed by atoms with Gasteiger partial charge in [0.15, 0.2) is 0 Å². The number of methoxy groups -OCH3 is 1. The van der Waals surface area contributed by atoms with E-state index in [0.29, 0.717) is 0 Å². The highest BCUT2D eigenvalue weighted by Gasteiger charge is 2.09. The highest BCUT2D eigenvalue weighted by molar-refractivity contribution is 5.26. The van der Waals surface area contributed by atoms with Gasteiger partial charge in [0.2, 0.25) is 0 Å². The lowest BCUT2D eigenvalue weighted by atomic mass is 10.2. The Bertz CT molecular complexity index is 317. The molecule has 1 N–H and O–H groups in total. The van der Waals surface area contributed by atoms with Crippen LogP contribution in [0.25, 0.3) is 0 Å². The Balaban J connectivity index is 1.63. The van der Waals surface area contributed by atoms with E-state index >= 15 is 0 Å². The zero-order valence-electron chi connectivity index (χ0n) is 10.6. The van der Waals surface area contributed by atoms with Gasteiger partial charge in [0.05, 0.1) is 7.11 Å². The molecule has 0 unspecified atom stereocenters. The Labute approximate surface area is 104 Å². The molecule has 1 saturated heterocycles. The number of ether oxygens (including phenoxy) is 1. The fraction of sp³-hybridized carbons (Fsp3) is 0.571. The van der Waals surface area contributed by atoms with Gasteiger partial charge >= 0.3 is 0 Å². The Morgan fingerprint density at radius 1 is 1.18 bits per heavy atom. The van der Waals surface area contributed by atoms with E-state index in [0.717, 1.165) is 18.8 Å². The van der Waals surface area contributed by atoms with E-state index in [4.69, 9.17) is 4.74 Å². The fourth-order valence-corrected chi connectivity index (χ4v) is 2.22. The molecule has 1 aliphatic rings. The van der Waals surface area contributed by atoms with Crippen molar-refractivity contribution >= 4 is 0 Å². The minimum atomic E-state index is 0.922. The molecule has 0 radical (unpaired) electrons. The summed E-state index contributed by atoms with van der Waals surface area (Å²) >= 11 is 0. The molecule has 1 aromatic carbocycles. The number of hydrogen-bond acceptors (Lipinski definition) is 3. The zero-order valence-corrected chi connectivity index (χ0v) is 10.6. The van der Waals surface area contributed by atoms with Gasteiger partial charge in [0.25, 0.3) is 0 Å². The SMILES string of the molecule is COc1ccc(CNCCN2CCCC2)cc1. The molecule has 0 saturated carbocycles. The molecule has 1 fully saturated rings. The largest absolute Gasteiger partial charge is 0.497 e.